The predicted octanol–water partition coefficient (Wildman–Crippen LogP) is 2.18. The number of rotatable bonds is 9. The van der Waals surface area contributed by atoms with E-state index in [2.05, 4.69) is 30.9 Å². The van der Waals surface area contributed by atoms with Crippen molar-refractivity contribution in [1.82, 2.24) is 4.90 Å². The zero-order valence-corrected chi connectivity index (χ0v) is 12.9. The van der Waals surface area contributed by atoms with Gasteiger partial charge in [-0.15, -0.1) is 0 Å². The van der Waals surface area contributed by atoms with Crippen molar-refractivity contribution in [2.75, 3.05) is 26.8 Å². The maximum atomic E-state index is 9.06. The standard InChI is InChI=1S/C16H28N2O2/c1-4-15(17)16(18(5-2)10-7-11-19)13-8-6-9-14(12-13)20-3/h6,8-9,12,15-16,19H,4-5,7,10-11,17H2,1-3H3. The molecule has 0 amide bonds. The Morgan fingerprint density at radius 3 is 2.65 bits per heavy atom. The van der Waals surface area contributed by atoms with Crippen LogP contribution >= 0.6 is 0 Å². The topological polar surface area (TPSA) is 58.7 Å². The number of ether oxygens (including phenoxy) is 1. The zero-order valence-electron chi connectivity index (χ0n) is 12.9. The third kappa shape index (κ3) is 4.47. The number of aliphatic hydroxyl groups is 1. The highest BCUT2D eigenvalue weighted by Crippen LogP contribution is 2.27. The van der Waals surface area contributed by atoms with Crippen LogP contribution in [0.25, 0.3) is 0 Å². The van der Waals surface area contributed by atoms with Gasteiger partial charge < -0.3 is 15.6 Å². The lowest BCUT2D eigenvalue weighted by Gasteiger charge is -2.35. The first kappa shape index (κ1) is 17.0. The molecule has 0 aromatic heterocycles. The monoisotopic (exact) mass is 280 g/mol. The van der Waals surface area contributed by atoms with E-state index in [1.807, 2.05) is 12.1 Å². The number of nitrogens with two attached hydrogens (primary N) is 1. The van der Waals surface area contributed by atoms with Gasteiger partial charge in [0.25, 0.3) is 0 Å². The molecule has 1 rings (SSSR count). The van der Waals surface area contributed by atoms with Gasteiger partial charge in [0.05, 0.1) is 7.11 Å². The van der Waals surface area contributed by atoms with E-state index in [0.717, 1.165) is 31.7 Å². The first-order valence-corrected chi connectivity index (χ1v) is 7.42. The third-order valence-electron chi connectivity index (χ3n) is 3.72. The van der Waals surface area contributed by atoms with Gasteiger partial charge in [-0.2, -0.15) is 0 Å². The molecule has 0 spiro atoms. The molecule has 20 heavy (non-hydrogen) atoms. The second-order valence-electron chi connectivity index (χ2n) is 5.00. The van der Waals surface area contributed by atoms with Gasteiger partial charge in [-0.05, 0) is 37.1 Å². The maximum Gasteiger partial charge on any atom is 0.119 e. The summed E-state index contributed by atoms with van der Waals surface area (Å²) in [6, 6.07) is 8.34. The summed E-state index contributed by atoms with van der Waals surface area (Å²) in [4.78, 5) is 2.33. The van der Waals surface area contributed by atoms with Crippen LogP contribution in [0.2, 0.25) is 0 Å². The van der Waals surface area contributed by atoms with Crippen molar-refractivity contribution in [2.45, 2.75) is 38.8 Å². The molecule has 0 aliphatic rings. The lowest BCUT2D eigenvalue weighted by Crippen LogP contribution is -2.41. The Morgan fingerprint density at radius 2 is 2.10 bits per heavy atom. The van der Waals surface area contributed by atoms with Crippen LogP contribution in [0, 0.1) is 0 Å². The second-order valence-corrected chi connectivity index (χ2v) is 5.00. The van der Waals surface area contributed by atoms with Crippen molar-refractivity contribution >= 4 is 0 Å². The van der Waals surface area contributed by atoms with Crippen LogP contribution in [-0.2, 0) is 0 Å². The second kappa shape index (κ2) is 8.95. The molecule has 4 nitrogen and oxygen atoms in total. The summed E-state index contributed by atoms with van der Waals surface area (Å²) in [5, 5.41) is 9.06. The molecular weight excluding hydrogens is 252 g/mol. The Balaban J connectivity index is 3.02. The molecule has 0 saturated heterocycles. The van der Waals surface area contributed by atoms with Gasteiger partial charge in [0.15, 0.2) is 0 Å². The lowest BCUT2D eigenvalue weighted by atomic mass is 9.96. The first-order chi connectivity index (χ1) is 9.67. The van der Waals surface area contributed by atoms with Crippen molar-refractivity contribution < 1.29 is 9.84 Å². The van der Waals surface area contributed by atoms with Gasteiger partial charge in [-0.1, -0.05) is 26.0 Å². The number of methoxy groups -OCH3 is 1. The van der Waals surface area contributed by atoms with Crippen molar-refractivity contribution in [1.29, 1.82) is 0 Å². The predicted molar refractivity (Wildman–Crippen MR) is 83.0 cm³/mol. The molecule has 2 atom stereocenters. The number of hydrogen-bond acceptors (Lipinski definition) is 4. The van der Waals surface area contributed by atoms with Crippen LogP contribution in [0.3, 0.4) is 0 Å². The summed E-state index contributed by atoms with van der Waals surface area (Å²) < 4.78 is 5.31. The molecule has 2 unspecified atom stereocenters. The highest BCUT2D eigenvalue weighted by molar-refractivity contribution is 5.31. The van der Waals surface area contributed by atoms with Crippen LogP contribution < -0.4 is 10.5 Å². The fraction of sp³-hybridized carbons (Fsp3) is 0.625. The van der Waals surface area contributed by atoms with Crippen LogP contribution in [0.1, 0.15) is 38.3 Å². The average Bonchev–Trinajstić information content (AvgIpc) is 2.50. The molecule has 114 valence electrons. The summed E-state index contributed by atoms with van der Waals surface area (Å²) in [7, 11) is 1.68. The molecule has 0 bridgehead atoms. The highest BCUT2D eigenvalue weighted by Gasteiger charge is 2.24. The molecule has 0 radical (unpaired) electrons. The van der Waals surface area contributed by atoms with E-state index in [4.69, 9.17) is 15.6 Å². The summed E-state index contributed by atoms with van der Waals surface area (Å²) in [6.45, 7) is 6.21. The lowest BCUT2D eigenvalue weighted by molar-refractivity contribution is 0.159. The van der Waals surface area contributed by atoms with Crippen LogP contribution in [0.5, 0.6) is 5.75 Å². The third-order valence-corrected chi connectivity index (χ3v) is 3.72. The van der Waals surface area contributed by atoms with E-state index >= 15 is 0 Å². The Hall–Kier alpha value is -1.10. The Labute approximate surface area is 122 Å². The molecule has 3 N–H and O–H groups in total. The molecule has 0 heterocycles. The van der Waals surface area contributed by atoms with Gasteiger partial charge in [0.1, 0.15) is 5.75 Å². The van der Waals surface area contributed by atoms with Crippen molar-refractivity contribution in [3.05, 3.63) is 29.8 Å². The number of benzene rings is 1. The Kier molecular flexibility index (Phi) is 7.59. The van der Waals surface area contributed by atoms with Gasteiger partial charge in [-0.25, -0.2) is 0 Å². The van der Waals surface area contributed by atoms with E-state index < -0.39 is 0 Å². The molecule has 0 aliphatic heterocycles. The van der Waals surface area contributed by atoms with E-state index in [0.29, 0.717) is 0 Å². The van der Waals surface area contributed by atoms with E-state index in [1.54, 1.807) is 7.11 Å². The highest BCUT2D eigenvalue weighted by atomic mass is 16.5. The smallest absolute Gasteiger partial charge is 0.119 e. The van der Waals surface area contributed by atoms with Crippen LogP contribution in [0.15, 0.2) is 24.3 Å². The minimum absolute atomic E-state index is 0.0701. The quantitative estimate of drug-likeness (QED) is 0.728. The van der Waals surface area contributed by atoms with Crippen molar-refractivity contribution in [3.8, 4) is 5.75 Å². The average molecular weight is 280 g/mol. The SMILES string of the molecule is CCC(N)C(c1cccc(OC)c1)N(CC)CCCO. The first-order valence-electron chi connectivity index (χ1n) is 7.42. The molecule has 0 aliphatic carbocycles. The zero-order chi connectivity index (χ0) is 15.0. The summed E-state index contributed by atoms with van der Waals surface area (Å²) in [6.07, 6.45) is 1.68. The van der Waals surface area contributed by atoms with Crippen LogP contribution in [-0.4, -0.2) is 42.9 Å². The molecule has 4 heteroatoms. The summed E-state index contributed by atoms with van der Waals surface area (Å²) in [5.74, 6) is 0.856. The normalized spacial score (nSPS) is 14.3. The molecule has 1 aromatic rings. The largest absolute Gasteiger partial charge is 0.497 e. The molecule has 1 aromatic carbocycles. The molecule has 0 saturated carbocycles. The Bertz CT molecular complexity index is 384. The van der Waals surface area contributed by atoms with Gasteiger partial charge in [-0.3, -0.25) is 4.90 Å². The van der Waals surface area contributed by atoms with E-state index in [-0.39, 0.29) is 18.7 Å². The Morgan fingerprint density at radius 1 is 1.35 bits per heavy atom. The fourth-order valence-electron chi connectivity index (χ4n) is 2.55. The number of nitrogens with zero attached hydrogens (tertiary/aromatic N) is 1. The minimum atomic E-state index is 0.0701. The van der Waals surface area contributed by atoms with Gasteiger partial charge >= 0.3 is 0 Å². The number of hydrogen-bond donors (Lipinski definition) is 2. The molecule has 0 fully saturated rings. The van der Waals surface area contributed by atoms with Crippen molar-refractivity contribution in [3.63, 3.8) is 0 Å². The van der Waals surface area contributed by atoms with Gasteiger partial charge in [0, 0.05) is 25.2 Å². The van der Waals surface area contributed by atoms with Crippen molar-refractivity contribution in [2.24, 2.45) is 5.73 Å². The number of likely N-dealkylation sites (N-methyl/N-ethyl adjacent to an activating group) is 1. The maximum absolute atomic E-state index is 9.06. The number of aliphatic hydroxyl groups excluding tert-OH is 1. The van der Waals surface area contributed by atoms with E-state index in [1.165, 1.54) is 5.56 Å². The fourth-order valence-corrected chi connectivity index (χ4v) is 2.55. The molecular formula is C16H28N2O2. The van der Waals surface area contributed by atoms with Crippen LogP contribution in [0.4, 0.5) is 0 Å². The van der Waals surface area contributed by atoms with E-state index in [9.17, 15) is 0 Å². The van der Waals surface area contributed by atoms with Gasteiger partial charge in [0.2, 0.25) is 0 Å². The minimum Gasteiger partial charge on any atom is -0.497 e. The summed E-state index contributed by atoms with van der Waals surface area (Å²) >= 11 is 0. The summed E-state index contributed by atoms with van der Waals surface area (Å²) in [5.41, 5.74) is 7.52.